The van der Waals surface area contributed by atoms with E-state index in [4.69, 9.17) is 4.74 Å². The van der Waals surface area contributed by atoms with Crippen molar-refractivity contribution in [3.63, 3.8) is 0 Å². The second-order valence-electron chi connectivity index (χ2n) is 6.69. The summed E-state index contributed by atoms with van der Waals surface area (Å²) in [5.41, 5.74) is 2.16. The minimum atomic E-state index is -3.66. The zero-order chi connectivity index (χ0) is 19.6. The maximum Gasteiger partial charge on any atom is 0.262 e. The van der Waals surface area contributed by atoms with E-state index in [9.17, 15) is 8.42 Å². The van der Waals surface area contributed by atoms with Crippen molar-refractivity contribution >= 4 is 44.0 Å². The molecule has 3 rings (SSSR count). The number of piperazine rings is 1. The van der Waals surface area contributed by atoms with Crippen molar-refractivity contribution in [2.24, 2.45) is 0 Å². The van der Waals surface area contributed by atoms with Crippen molar-refractivity contribution < 1.29 is 13.2 Å². The van der Waals surface area contributed by atoms with Gasteiger partial charge in [-0.25, -0.2) is 8.42 Å². The Hall–Kier alpha value is -1.52. The van der Waals surface area contributed by atoms with E-state index in [0.29, 0.717) is 10.6 Å². The van der Waals surface area contributed by atoms with Gasteiger partial charge in [0.05, 0.1) is 23.4 Å². The maximum atomic E-state index is 12.9. The summed E-state index contributed by atoms with van der Waals surface area (Å²) in [4.78, 5) is 4.80. The number of nitrogens with zero attached hydrogens (tertiary/aromatic N) is 2. The van der Waals surface area contributed by atoms with E-state index in [1.807, 2.05) is 24.3 Å². The minimum absolute atomic E-state index is 0.298. The largest absolute Gasteiger partial charge is 0.495 e. The second-order valence-corrected chi connectivity index (χ2v) is 9.59. The third kappa shape index (κ3) is 4.67. The highest BCUT2D eigenvalue weighted by atomic mass is 127. The number of hydrogen-bond acceptors (Lipinski definition) is 5. The number of aryl methyl sites for hydroxylation is 1. The topological polar surface area (TPSA) is 61.9 Å². The Morgan fingerprint density at radius 2 is 1.78 bits per heavy atom. The fourth-order valence-corrected chi connectivity index (χ4v) is 5.15. The Morgan fingerprint density at radius 1 is 1.07 bits per heavy atom. The van der Waals surface area contributed by atoms with Gasteiger partial charge in [0.25, 0.3) is 10.0 Å². The normalized spacial score (nSPS) is 15.6. The van der Waals surface area contributed by atoms with Crippen molar-refractivity contribution in [2.45, 2.75) is 11.8 Å². The molecule has 0 spiro atoms. The first-order chi connectivity index (χ1) is 12.8. The Kier molecular flexibility index (Phi) is 6.17. The number of ether oxygens (including phenoxy) is 1. The fraction of sp³-hybridized carbons (Fsp3) is 0.368. The summed E-state index contributed by atoms with van der Waals surface area (Å²) in [6, 6.07) is 10.8. The number of benzene rings is 2. The van der Waals surface area contributed by atoms with Gasteiger partial charge >= 0.3 is 0 Å². The molecule has 0 aliphatic carbocycles. The van der Waals surface area contributed by atoms with Crippen LogP contribution in [0.15, 0.2) is 41.3 Å². The maximum absolute atomic E-state index is 12.9. The van der Waals surface area contributed by atoms with Crippen molar-refractivity contribution in [3.05, 3.63) is 45.5 Å². The molecule has 0 bridgehead atoms. The van der Waals surface area contributed by atoms with Gasteiger partial charge in [-0.2, -0.15) is 0 Å². The smallest absolute Gasteiger partial charge is 0.262 e. The molecule has 0 saturated carbocycles. The molecule has 0 atom stereocenters. The van der Waals surface area contributed by atoms with Gasteiger partial charge in [-0.1, -0.05) is 6.07 Å². The lowest BCUT2D eigenvalue weighted by atomic mass is 10.2. The number of nitrogens with one attached hydrogen (secondary N) is 1. The summed E-state index contributed by atoms with van der Waals surface area (Å²) in [5.74, 6) is 0.743. The predicted molar refractivity (Wildman–Crippen MR) is 117 cm³/mol. The summed E-state index contributed by atoms with van der Waals surface area (Å²) >= 11 is 2.12. The van der Waals surface area contributed by atoms with E-state index in [1.54, 1.807) is 26.2 Å². The molecule has 1 N–H and O–H groups in total. The van der Waals surface area contributed by atoms with Gasteiger partial charge in [0.1, 0.15) is 5.75 Å². The summed E-state index contributed by atoms with van der Waals surface area (Å²) in [6.07, 6.45) is 0. The van der Waals surface area contributed by atoms with Crippen LogP contribution in [0.5, 0.6) is 5.75 Å². The van der Waals surface area contributed by atoms with E-state index in [1.165, 1.54) is 0 Å². The monoisotopic (exact) mass is 501 g/mol. The van der Waals surface area contributed by atoms with Crippen LogP contribution in [0.2, 0.25) is 0 Å². The van der Waals surface area contributed by atoms with Crippen molar-refractivity contribution in [1.29, 1.82) is 0 Å². The van der Waals surface area contributed by atoms with E-state index in [0.717, 1.165) is 46.7 Å². The van der Waals surface area contributed by atoms with Crippen LogP contribution in [-0.4, -0.2) is 53.7 Å². The van der Waals surface area contributed by atoms with Crippen LogP contribution >= 0.6 is 22.6 Å². The molecule has 0 aromatic heterocycles. The highest BCUT2D eigenvalue weighted by Crippen LogP contribution is 2.33. The van der Waals surface area contributed by atoms with Crippen LogP contribution < -0.4 is 14.4 Å². The Balaban J connectivity index is 1.91. The number of likely N-dealkylation sites (N-methyl/N-ethyl adjacent to an activating group) is 1. The molecule has 2 aromatic rings. The first-order valence-electron chi connectivity index (χ1n) is 8.70. The lowest BCUT2D eigenvalue weighted by Gasteiger charge is -2.35. The third-order valence-electron chi connectivity index (χ3n) is 4.71. The molecular formula is C19H24IN3O3S. The van der Waals surface area contributed by atoms with Gasteiger partial charge in [0.2, 0.25) is 0 Å². The van der Waals surface area contributed by atoms with E-state index in [2.05, 4.69) is 44.2 Å². The molecule has 146 valence electrons. The quantitative estimate of drug-likeness (QED) is 0.639. The van der Waals surface area contributed by atoms with Crippen LogP contribution in [-0.2, 0) is 10.0 Å². The molecule has 0 unspecified atom stereocenters. The number of halogens is 1. The second kappa shape index (κ2) is 8.24. The van der Waals surface area contributed by atoms with Crippen molar-refractivity contribution in [3.8, 4) is 5.75 Å². The van der Waals surface area contributed by atoms with Gasteiger partial charge in [-0.15, -0.1) is 0 Å². The Bertz CT molecular complexity index is 926. The minimum Gasteiger partial charge on any atom is -0.495 e. The van der Waals surface area contributed by atoms with Crippen LogP contribution in [0.3, 0.4) is 0 Å². The highest BCUT2D eigenvalue weighted by Gasteiger charge is 2.21. The average Bonchev–Trinajstić information content (AvgIpc) is 2.64. The molecule has 8 heteroatoms. The molecule has 1 aliphatic rings. The first-order valence-corrected chi connectivity index (χ1v) is 11.3. The molecule has 6 nitrogen and oxygen atoms in total. The number of rotatable bonds is 5. The standard InChI is InChI=1S/C19H24IN3O3S/c1-14-4-5-15(20)12-19(14)27(24,25)21-16-6-7-18(26-3)17(13-16)23-10-8-22(2)9-11-23/h4-7,12-13,21H,8-11H2,1-3H3. The van der Waals surface area contributed by atoms with Gasteiger partial charge < -0.3 is 14.5 Å². The van der Waals surface area contributed by atoms with E-state index >= 15 is 0 Å². The lowest BCUT2D eigenvalue weighted by Crippen LogP contribution is -2.44. The van der Waals surface area contributed by atoms with E-state index in [-0.39, 0.29) is 0 Å². The summed E-state index contributed by atoms with van der Waals surface area (Å²) in [6.45, 7) is 5.47. The third-order valence-corrected chi connectivity index (χ3v) is 6.91. The zero-order valence-electron chi connectivity index (χ0n) is 15.7. The number of methoxy groups -OCH3 is 1. The van der Waals surface area contributed by atoms with Gasteiger partial charge in [-0.3, -0.25) is 4.72 Å². The average molecular weight is 501 g/mol. The van der Waals surface area contributed by atoms with Crippen LogP contribution in [0.1, 0.15) is 5.56 Å². The Morgan fingerprint density at radius 3 is 2.44 bits per heavy atom. The van der Waals surface area contributed by atoms with E-state index < -0.39 is 10.0 Å². The van der Waals surface area contributed by atoms with Crippen LogP contribution in [0, 0.1) is 10.5 Å². The molecule has 1 heterocycles. The lowest BCUT2D eigenvalue weighted by molar-refractivity contribution is 0.311. The molecule has 0 amide bonds. The molecular weight excluding hydrogens is 477 g/mol. The molecule has 27 heavy (non-hydrogen) atoms. The number of sulfonamides is 1. The van der Waals surface area contributed by atoms with Crippen molar-refractivity contribution in [2.75, 3.05) is 50.0 Å². The predicted octanol–water partition coefficient (Wildman–Crippen LogP) is 3.16. The molecule has 0 radical (unpaired) electrons. The molecule has 2 aromatic carbocycles. The van der Waals surface area contributed by atoms with Gasteiger partial charge in [-0.05, 0) is 72.5 Å². The SMILES string of the molecule is COc1ccc(NS(=O)(=O)c2cc(I)ccc2C)cc1N1CCN(C)CC1. The first kappa shape index (κ1) is 20.2. The summed E-state index contributed by atoms with van der Waals surface area (Å²) < 4.78 is 34.9. The van der Waals surface area contributed by atoms with Crippen molar-refractivity contribution in [1.82, 2.24) is 4.90 Å². The Labute approximate surface area is 174 Å². The van der Waals surface area contributed by atoms with Crippen LogP contribution in [0.25, 0.3) is 0 Å². The summed E-state index contributed by atoms with van der Waals surface area (Å²) in [7, 11) is 0.0681. The molecule has 1 saturated heterocycles. The fourth-order valence-electron chi connectivity index (χ4n) is 3.12. The zero-order valence-corrected chi connectivity index (χ0v) is 18.7. The van der Waals surface area contributed by atoms with Gasteiger partial charge in [0.15, 0.2) is 0 Å². The molecule has 1 aliphatic heterocycles. The van der Waals surface area contributed by atoms with Crippen LogP contribution in [0.4, 0.5) is 11.4 Å². The number of hydrogen-bond donors (Lipinski definition) is 1. The van der Waals surface area contributed by atoms with Gasteiger partial charge in [0, 0.05) is 29.7 Å². The highest BCUT2D eigenvalue weighted by molar-refractivity contribution is 14.1. The number of anilines is 2. The summed E-state index contributed by atoms with van der Waals surface area (Å²) in [5, 5.41) is 0. The molecule has 1 fully saturated rings.